The van der Waals surface area contributed by atoms with Gasteiger partial charge in [0.2, 0.25) is 11.9 Å². The Morgan fingerprint density at radius 3 is 2.64 bits per heavy atom. The summed E-state index contributed by atoms with van der Waals surface area (Å²) in [5.41, 5.74) is 3.58. The molecule has 0 bridgehead atoms. The van der Waals surface area contributed by atoms with E-state index in [1.165, 1.54) is 18.2 Å². The zero-order chi connectivity index (χ0) is 30.2. The standard InChI is InChI=1S/C30H36FN7O3S/c1-6-24(38-14-13-37(4)17-19(38)3)29(39)34-23-11-7-9-20-21(16-32-28(20)23)27-18(2)15-33-30(36-27)35-22-10-8-12-25(26(22)31)42(5,40)41/h7-12,15-16,19,24,32H,6,13-14,17H2,1-5H3,(H,34,39)(H,33,35,36). The second-order valence-electron chi connectivity index (χ2n) is 10.9. The van der Waals surface area contributed by atoms with Crippen molar-refractivity contribution in [3.8, 4) is 11.3 Å². The van der Waals surface area contributed by atoms with Crippen LogP contribution in [0.4, 0.5) is 21.7 Å². The van der Waals surface area contributed by atoms with Crippen LogP contribution in [-0.2, 0) is 14.6 Å². The van der Waals surface area contributed by atoms with Crippen LogP contribution in [-0.4, -0.2) is 84.1 Å². The van der Waals surface area contributed by atoms with Crippen molar-refractivity contribution in [2.75, 3.05) is 43.6 Å². The molecule has 4 aromatic rings. The first-order chi connectivity index (χ1) is 20.0. The average Bonchev–Trinajstić information content (AvgIpc) is 3.37. The molecule has 2 atom stereocenters. The third-order valence-corrected chi connectivity index (χ3v) is 8.90. The molecule has 12 heteroatoms. The smallest absolute Gasteiger partial charge is 0.241 e. The number of para-hydroxylation sites is 1. The minimum Gasteiger partial charge on any atom is -0.359 e. The van der Waals surface area contributed by atoms with Crippen LogP contribution in [0.2, 0.25) is 0 Å². The molecule has 3 heterocycles. The third kappa shape index (κ3) is 5.87. The van der Waals surface area contributed by atoms with Crippen molar-refractivity contribution in [2.45, 2.75) is 44.2 Å². The highest BCUT2D eigenvalue weighted by atomic mass is 32.2. The molecule has 2 aromatic carbocycles. The maximum atomic E-state index is 15.0. The van der Waals surface area contributed by atoms with E-state index in [1.54, 1.807) is 6.20 Å². The number of fused-ring (bicyclic) bond motifs is 1. The summed E-state index contributed by atoms with van der Waals surface area (Å²) in [5.74, 6) is -0.818. The van der Waals surface area contributed by atoms with E-state index >= 15 is 0 Å². The molecule has 1 aliphatic heterocycles. The van der Waals surface area contributed by atoms with Gasteiger partial charge in [-0.05, 0) is 51.1 Å². The zero-order valence-corrected chi connectivity index (χ0v) is 25.2. The van der Waals surface area contributed by atoms with Crippen LogP contribution in [0.5, 0.6) is 0 Å². The van der Waals surface area contributed by atoms with Gasteiger partial charge in [0.1, 0.15) is 4.90 Å². The molecule has 222 valence electrons. The number of piperazine rings is 1. The van der Waals surface area contributed by atoms with Gasteiger partial charge < -0.3 is 20.5 Å². The van der Waals surface area contributed by atoms with Crippen molar-refractivity contribution in [2.24, 2.45) is 0 Å². The summed E-state index contributed by atoms with van der Waals surface area (Å²) in [5, 5.41) is 6.82. The number of rotatable bonds is 8. The normalized spacial score (nSPS) is 17.3. The van der Waals surface area contributed by atoms with Crippen LogP contribution >= 0.6 is 0 Å². The first kappa shape index (κ1) is 29.6. The number of amides is 1. The third-order valence-electron chi connectivity index (χ3n) is 7.78. The van der Waals surface area contributed by atoms with E-state index in [4.69, 9.17) is 0 Å². The monoisotopic (exact) mass is 593 g/mol. The number of carbonyl (C=O) groups is 1. The number of halogens is 1. The van der Waals surface area contributed by atoms with Gasteiger partial charge in [-0.1, -0.05) is 25.1 Å². The lowest BCUT2D eigenvalue weighted by molar-refractivity contribution is -0.123. The molecular formula is C30H36FN7O3S. The summed E-state index contributed by atoms with van der Waals surface area (Å²) in [7, 11) is -1.65. The SMILES string of the molecule is CCC(C(=O)Nc1cccc2c(-c3nc(Nc4cccc(S(C)(=O)=O)c4F)ncc3C)c[nH]c12)N1CCN(C)CC1C. The van der Waals surface area contributed by atoms with Gasteiger partial charge in [-0.25, -0.2) is 22.8 Å². The molecule has 0 aliphatic carbocycles. The van der Waals surface area contributed by atoms with E-state index < -0.39 is 20.5 Å². The second-order valence-corrected chi connectivity index (χ2v) is 12.9. The number of aromatic nitrogens is 3. The van der Waals surface area contributed by atoms with E-state index in [-0.39, 0.29) is 29.6 Å². The Morgan fingerprint density at radius 2 is 1.93 bits per heavy atom. The molecule has 1 fully saturated rings. The molecule has 0 spiro atoms. The topological polar surface area (TPSA) is 123 Å². The summed E-state index contributed by atoms with van der Waals surface area (Å²) in [6.07, 6.45) is 5.11. The van der Waals surface area contributed by atoms with Gasteiger partial charge in [-0.15, -0.1) is 0 Å². The number of sulfone groups is 1. The number of anilines is 3. The lowest BCUT2D eigenvalue weighted by Gasteiger charge is -2.42. The molecule has 3 N–H and O–H groups in total. The maximum absolute atomic E-state index is 15.0. The fraction of sp³-hybridized carbons (Fsp3) is 0.367. The van der Waals surface area contributed by atoms with Gasteiger partial charge in [0.25, 0.3) is 0 Å². The highest BCUT2D eigenvalue weighted by molar-refractivity contribution is 7.90. The van der Waals surface area contributed by atoms with Gasteiger partial charge in [0, 0.05) is 55.3 Å². The van der Waals surface area contributed by atoms with Gasteiger partial charge in [-0.2, -0.15) is 0 Å². The fourth-order valence-corrected chi connectivity index (χ4v) is 6.41. The summed E-state index contributed by atoms with van der Waals surface area (Å²) < 4.78 is 38.9. The summed E-state index contributed by atoms with van der Waals surface area (Å²) in [4.78, 5) is 29.9. The Morgan fingerprint density at radius 1 is 1.19 bits per heavy atom. The summed E-state index contributed by atoms with van der Waals surface area (Å²) in [6, 6.07) is 9.85. The number of nitrogens with one attached hydrogen (secondary N) is 3. The molecule has 42 heavy (non-hydrogen) atoms. The Balaban J connectivity index is 1.43. The number of hydrogen-bond acceptors (Lipinski definition) is 8. The predicted octanol–water partition coefficient (Wildman–Crippen LogP) is 4.57. The quantitative estimate of drug-likeness (QED) is 0.272. The first-order valence-corrected chi connectivity index (χ1v) is 15.8. The zero-order valence-electron chi connectivity index (χ0n) is 24.4. The summed E-state index contributed by atoms with van der Waals surface area (Å²) in [6.45, 7) is 8.76. The molecule has 1 amide bonds. The van der Waals surface area contributed by atoms with Crippen molar-refractivity contribution >= 4 is 44.0 Å². The van der Waals surface area contributed by atoms with Gasteiger partial charge in [-0.3, -0.25) is 9.69 Å². The molecule has 1 saturated heterocycles. The lowest BCUT2D eigenvalue weighted by Crippen LogP contribution is -2.57. The van der Waals surface area contributed by atoms with Crippen LogP contribution in [0.1, 0.15) is 25.8 Å². The molecule has 1 aliphatic rings. The largest absolute Gasteiger partial charge is 0.359 e. The fourth-order valence-electron chi connectivity index (χ4n) is 5.65. The van der Waals surface area contributed by atoms with Crippen LogP contribution in [0.25, 0.3) is 22.2 Å². The van der Waals surface area contributed by atoms with Crippen molar-refractivity contribution in [3.63, 3.8) is 0 Å². The number of aromatic amines is 1. The molecule has 5 rings (SSSR count). The van der Waals surface area contributed by atoms with E-state index in [9.17, 15) is 17.6 Å². The van der Waals surface area contributed by atoms with Crippen molar-refractivity contribution < 1.29 is 17.6 Å². The van der Waals surface area contributed by atoms with Gasteiger partial charge >= 0.3 is 0 Å². The number of aryl methyl sites for hydroxylation is 1. The number of carbonyl (C=O) groups excluding carboxylic acids is 1. The number of benzene rings is 2. The number of hydrogen-bond donors (Lipinski definition) is 3. The van der Waals surface area contributed by atoms with E-state index in [0.29, 0.717) is 17.8 Å². The molecule has 0 saturated carbocycles. The van der Waals surface area contributed by atoms with Gasteiger partial charge in [0.05, 0.1) is 28.6 Å². The van der Waals surface area contributed by atoms with Crippen LogP contribution in [0, 0.1) is 12.7 Å². The van der Waals surface area contributed by atoms with Crippen LogP contribution in [0.15, 0.2) is 53.7 Å². The minimum absolute atomic E-state index is 0.0411. The highest BCUT2D eigenvalue weighted by Crippen LogP contribution is 2.34. The minimum atomic E-state index is -3.75. The van der Waals surface area contributed by atoms with Crippen LogP contribution < -0.4 is 10.6 Å². The highest BCUT2D eigenvalue weighted by Gasteiger charge is 2.31. The Kier molecular flexibility index (Phi) is 8.31. The molecule has 0 radical (unpaired) electrons. The molecular weight excluding hydrogens is 557 g/mol. The Hall–Kier alpha value is -3.87. The molecule has 2 aromatic heterocycles. The number of H-pyrrole nitrogens is 1. The van der Waals surface area contributed by atoms with E-state index in [0.717, 1.165) is 47.9 Å². The first-order valence-electron chi connectivity index (χ1n) is 13.9. The number of likely N-dealkylation sites (N-methyl/N-ethyl adjacent to an activating group) is 1. The molecule has 10 nitrogen and oxygen atoms in total. The van der Waals surface area contributed by atoms with E-state index in [1.807, 2.05) is 38.2 Å². The summed E-state index contributed by atoms with van der Waals surface area (Å²) >= 11 is 0. The van der Waals surface area contributed by atoms with Crippen molar-refractivity contribution in [3.05, 3.63) is 60.2 Å². The van der Waals surface area contributed by atoms with Crippen LogP contribution in [0.3, 0.4) is 0 Å². The Bertz CT molecular complexity index is 1740. The average molecular weight is 594 g/mol. The number of nitrogens with zero attached hydrogens (tertiary/aromatic N) is 4. The predicted molar refractivity (Wildman–Crippen MR) is 163 cm³/mol. The second kappa shape index (κ2) is 11.8. The molecule has 2 unspecified atom stereocenters. The van der Waals surface area contributed by atoms with Crippen molar-refractivity contribution in [1.82, 2.24) is 24.8 Å². The lowest BCUT2D eigenvalue weighted by atomic mass is 10.1. The maximum Gasteiger partial charge on any atom is 0.241 e. The van der Waals surface area contributed by atoms with E-state index in [2.05, 4.69) is 49.4 Å². The van der Waals surface area contributed by atoms with Gasteiger partial charge in [0.15, 0.2) is 15.7 Å². The van der Waals surface area contributed by atoms with Crippen molar-refractivity contribution in [1.29, 1.82) is 0 Å². The Labute approximate surface area is 245 Å².